The second-order valence-corrected chi connectivity index (χ2v) is 9.09. The number of thiophene rings is 1. The molecule has 0 radical (unpaired) electrons. The molecule has 1 aliphatic heterocycles. The van der Waals surface area contributed by atoms with E-state index in [1.165, 1.54) is 17.4 Å². The van der Waals surface area contributed by atoms with Crippen LogP contribution in [-0.4, -0.2) is 23.1 Å². The number of benzene rings is 1. The van der Waals surface area contributed by atoms with Crippen molar-refractivity contribution in [3.05, 3.63) is 55.4 Å². The minimum Gasteiger partial charge on any atom is -0.444 e. The summed E-state index contributed by atoms with van der Waals surface area (Å²) in [6.45, 7) is 6.21. The van der Waals surface area contributed by atoms with E-state index < -0.39 is 11.7 Å². The normalized spacial score (nSPS) is 16.8. The van der Waals surface area contributed by atoms with Crippen molar-refractivity contribution in [1.82, 2.24) is 4.90 Å². The summed E-state index contributed by atoms with van der Waals surface area (Å²) in [5.41, 5.74) is 1.12. The predicted molar refractivity (Wildman–Crippen MR) is 102 cm³/mol. The van der Waals surface area contributed by atoms with E-state index in [0.29, 0.717) is 22.4 Å². The van der Waals surface area contributed by atoms with E-state index in [4.69, 9.17) is 4.74 Å². The minimum absolute atomic E-state index is 0.227. The third-order valence-corrected chi connectivity index (χ3v) is 5.95. The van der Waals surface area contributed by atoms with Gasteiger partial charge in [0.15, 0.2) is 0 Å². The lowest BCUT2D eigenvalue weighted by molar-refractivity contribution is 0.0216. The second-order valence-electron chi connectivity index (χ2n) is 7.16. The van der Waals surface area contributed by atoms with Gasteiger partial charge in [0, 0.05) is 17.3 Å². The number of fused-ring (bicyclic) bond motifs is 1. The van der Waals surface area contributed by atoms with Gasteiger partial charge in [0.05, 0.1) is 11.0 Å². The molecule has 1 aromatic heterocycles. The third-order valence-electron chi connectivity index (χ3n) is 4.07. The van der Waals surface area contributed by atoms with Crippen LogP contribution in [0.1, 0.15) is 47.6 Å². The molecule has 2 heterocycles. The number of rotatable bonds is 1. The van der Waals surface area contributed by atoms with Gasteiger partial charge in [-0.25, -0.2) is 9.18 Å². The number of carbonyl (C=O) groups excluding carboxylic acids is 1. The van der Waals surface area contributed by atoms with Gasteiger partial charge in [0.25, 0.3) is 0 Å². The predicted octanol–water partition coefficient (Wildman–Crippen LogP) is 5.40. The molecule has 0 bridgehead atoms. The summed E-state index contributed by atoms with van der Waals surface area (Å²) in [6.07, 6.45) is -0.410. The molecule has 1 aromatic carbocycles. The number of nitrogens with zero attached hydrogens (tertiary/aromatic N) is 2. The lowest BCUT2D eigenvalue weighted by Gasteiger charge is -2.34. The summed E-state index contributed by atoms with van der Waals surface area (Å²) in [5, 5.41) is 9.26. The third kappa shape index (κ3) is 3.76. The number of amides is 1. The Kier molecular flexibility index (Phi) is 5.09. The summed E-state index contributed by atoms with van der Waals surface area (Å²) in [5.74, 6) is -0.580. The number of nitriles is 1. The maximum absolute atomic E-state index is 14.1. The van der Waals surface area contributed by atoms with Crippen molar-refractivity contribution in [2.24, 2.45) is 0 Å². The van der Waals surface area contributed by atoms with E-state index in [1.807, 2.05) is 32.9 Å². The Labute approximate surface area is 164 Å². The van der Waals surface area contributed by atoms with Gasteiger partial charge in [0.1, 0.15) is 22.4 Å². The largest absolute Gasteiger partial charge is 0.444 e. The van der Waals surface area contributed by atoms with E-state index in [0.717, 1.165) is 16.0 Å². The summed E-state index contributed by atoms with van der Waals surface area (Å²) in [4.78, 5) is 15.7. The number of hydrogen-bond acceptors (Lipinski definition) is 4. The SMILES string of the molecule is CC(C)(C)OC(=O)N1Cc2sc(C#N)cc2[C@H](c2cccc(F)c2Br)C1. The van der Waals surface area contributed by atoms with Gasteiger partial charge >= 0.3 is 6.09 Å². The molecular formula is C19H18BrFN2O2S. The Balaban J connectivity index is 2.03. The van der Waals surface area contributed by atoms with E-state index in [9.17, 15) is 14.4 Å². The molecule has 0 spiro atoms. The average Bonchev–Trinajstić information content (AvgIpc) is 2.98. The number of halogens is 2. The number of ether oxygens (including phenoxy) is 1. The van der Waals surface area contributed by atoms with Gasteiger partial charge < -0.3 is 9.64 Å². The molecule has 7 heteroatoms. The Morgan fingerprint density at radius 1 is 1.42 bits per heavy atom. The Morgan fingerprint density at radius 3 is 2.81 bits per heavy atom. The molecule has 0 aliphatic carbocycles. The first-order valence-electron chi connectivity index (χ1n) is 8.14. The van der Waals surface area contributed by atoms with Crippen molar-refractivity contribution in [3.8, 4) is 6.07 Å². The first-order valence-corrected chi connectivity index (χ1v) is 9.75. The van der Waals surface area contributed by atoms with Gasteiger partial charge in [-0.1, -0.05) is 12.1 Å². The molecule has 0 fully saturated rings. The maximum Gasteiger partial charge on any atom is 0.410 e. The van der Waals surface area contributed by atoms with Crippen LogP contribution in [0.25, 0.3) is 0 Å². The highest BCUT2D eigenvalue weighted by Gasteiger charge is 2.34. The van der Waals surface area contributed by atoms with Crippen LogP contribution in [0.4, 0.5) is 9.18 Å². The van der Waals surface area contributed by atoms with Crippen LogP contribution in [0.2, 0.25) is 0 Å². The summed E-state index contributed by atoms with van der Waals surface area (Å²) < 4.78 is 19.9. The fraction of sp³-hybridized carbons (Fsp3) is 0.368. The molecule has 0 N–H and O–H groups in total. The van der Waals surface area contributed by atoms with E-state index in [2.05, 4.69) is 22.0 Å². The Hall–Kier alpha value is -1.91. The molecule has 4 nitrogen and oxygen atoms in total. The molecule has 2 aromatic rings. The number of hydrogen-bond donors (Lipinski definition) is 0. The van der Waals surface area contributed by atoms with Crippen molar-refractivity contribution in [1.29, 1.82) is 5.26 Å². The van der Waals surface area contributed by atoms with Gasteiger partial charge in [-0.3, -0.25) is 0 Å². The van der Waals surface area contributed by atoms with Crippen LogP contribution in [0.5, 0.6) is 0 Å². The first-order chi connectivity index (χ1) is 12.2. The van der Waals surface area contributed by atoms with E-state index in [-0.39, 0.29) is 11.7 Å². The van der Waals surface area contributed by atoms with Crippen LogP contribution in [-0.2, 0) is 11.3 Å². The molecule has 0 saturated carbocycles. The van der Waals surface area contributed by atoms with Crippen molar-refractivity contribution in [3.63, 3.8) is 0 Å². The van der Waals surface area contributed by atoms with Crippen LogP contribution in [0.3, 0.4) is 0 Å². The van der Waals surface area contributed by atoms with Crippen molar-refractivity contribution in [2.45, 2.75) is 38.8 Å². The first kappa shape index (κ1) is 18.9. The summed E-state index contributed by atoms with van der Waals surface area (Å²) in [7, 11) is 0. The zero-order valence-corrected chi connectivity index (χ0v) is 17.1. The molecule has 1 aliphatic rings. The van der Waals surface area contributed by atoms with E-state index in [1.54, 1.807) is 11.0 Å². The standard InChI is InChI=1S/C19H18BrFN2O2S/c1-19(2,3)25-18(24)23-9-14(12-5-4-6-15(21)17(12)20)13-7-11(8-22)26-16(13)10-23/h4-7,14H,9-10H2,1-3H3/t14-/m0/s1. The van der Waals surface area contributed by atoms with Crippen molar-refractivity contribution in [2.75, 3.05) is 6.54 Å². The smallest absolute Gasteiger partial charge is 0.410 e. The van der Waals surface area contributed by atoms with Crippen molar-refractivity contribution < 1.29 is 13.9 Å². The van der Waals surface area contributed by atoms with Gasteiger partial charge in [-0.2, -0.15) is 5.26 Å². The lowest BCUT2D eigenvalue weighted by Crippen LogP contribution is -2.41. The molecule has 136 valence electrons. The molecule has 3 rings (SSSR count). The summed E-state index contributed by atoms with van der Waals surface area (Å²) in [6, 6.07) is 8.88. The van der Waals surface area contributed by atoms with Crippen molar-refractivity contribution >= 4 is 33.4 Å². The lowest BCUT2D eigenvalue weighted by atomic mass is 9.88. The zero-order chi connectivity index (χ0) is 19.1. The fourth-order valence-corrected chi connectivity index (χ4v) is 4.57. The topological polar surface area (TPSA) is 53.3 Å². The molecular weight excluding hydrogens is 419 g/mol. The quantitative estimate of drug-likeness (QED) is 0.600. The fourth-order valence-electron chi connectivity index (χ4n) is 2.99. The summed E-state index contributed by atoms with van der Waals surface area (Å²) >= 11 is 4.69. The molecule has 0 unspecified atom stereocenters. The van der Waals surface area contributed by atoms with Crippen LogP contribution >= 0.6 is 27.3 Å². The second kappa shape index (κ2) is 7.01. The van der Waals surface area contributed by atoms with E-state index >= 15 is 0 Å². The highest BCUT2D eigenvalue weighted by molar-refractivity contribution is 9.10. The number of carbonyl (C=O) groups is 1. The highest BCUT2D eigenvalue weighted by atomic mass is 79.9. The molecule has 1 amide bonds. The van der Waals surface area contributed by atoms with Crippen LogP contribution < -0.4 is 0 Å². The molecule has 26 heavy (non-hydrogen) atoms. The van der Waals surface area contributed by atoms with Crippen LogP contribution in [0, 0.1) is 17.1 Å². The van der Waals surface area contributed by atoms with Gasteiger partial charge in [-0.15, -0.1) is 11.3 Å². The monoisotopic (exact) mass is 436 g/mol. The van der Waals surface area contributed by atoms with Crippen LogP contribution in [0.15, 0.2) is 28.7 Å². The Morgan fingerprint density at radius 2 is 2.15 bits per heavy atom. The zero-order valence-electron chi connectivity index (χ0n) is 14.7. The highest BCUT2D eigenvalue weighted by Crippen LogP contribution is 2.41. The maximum atomic E-state index is 14.1. The molecule has 1 atom stereocenters. The van der Waals surface area contributed by atoms with Gasteiger partial charge in [-0.05, 0) is 60.0 Å². The molecule has 0 saturated heterocycles. The van der Waals surface area contributed by atoms with Gasteiger partial charge in [0.2, 0.25) is 0 Å². The average molecular weight is 437 g/mol. The minimum atomic E-state index is -0.598. The Bertz CT molecular complexity index is 898.